The Balaban J connectivity index is 1.78. The first-order chi connectivity index (χ1) is 9.69. The van der Waals surface area contributed by atoms with Crippen molar-refractivity contribution in [3.8, 4) is 5.75 Å². The topological polar surface area (TPSA) is 29.5 Å². The Bertz CT molecular complexity index is 442. The van der Waals surface area contributed by atoms with Crippen molar-refractivity contribution in [1.82, 2.24) is 4.90 Å². The van der Waals surface area contributed by atoms with E-state index in [4.69, 9.17) is 16.3 Å². The van der Waals surface area contributed by atoms with Gasteiger partial charge in [-0.25, -0.2) is 0 Å². The van der Waals surface area contributed by atoms with Gasteiger partial charge in [0, 0.05) is 37.4 Å². The summed E-state index contributed by atoms with van der Waals surface area (Å²) in [7, 11) is 0. The monoisotopic (exact) mass is 295 g/mol. The summed E-state index contributed by atoms with van der Waals surface area (Å²) in [5, 5.41) is 0.690. The molecule has 0 spiro atoms. The zero-order valence-electron chi connectivity index (χ0n) is 12.0. The van der Waals surface area contributed by atoms with E-state index in [1.54, 1.807) is 0 Å². The number of likely N-dealkylation sites (tertiary alicyclic amines) is 1. The van der Waals surface area contributed by atoms with Gasteiger partial charge < -0.3 is 9.64 Å². The van der Waals surface area contributed by atoms with Crippen LogP contribution in [-0.4, -0.2) is 30.0 Å². The number of nitrogens with zero attached hydrogens (tertiary/aromatic N) is 1. The molecule has 0 N–H and O–H groups in total. The van der Waals surface area contributed by atoms with Gasteiger partial charge in [-0.3, -0.25) is 4.79 Å². The fourth-order valence-electron chi connectivity index (χ4n) is 2.44. The lowest BCUT2D eigenvalue weighted by Crippen LogP contribution is -2.41. The highest BCUT2D eigenvalue weighted by Crippen LogP contribution is 2.22. The molecule has 20 heavy (non-hydrogen) atoms. The molecule has 1 aliphatic rings. The van der Waals surface area contributed by atoms with Crippen molar-refractivity contribution in [2.45, 2.75) is 45.1 Å². The van der Waals surface area contributed by atoms with Crippen LogP contribution in [0.5, 0.6) is 5.75 Å². The first-order valence-electron chi connectivity index (χ1n) is 7.39. The van der Waals surface area contributed by atoms with E-state index >= 15 is 0 Å². The van der Waals surface area contributed by atoms with Gasteiger partial charge >= 0.3 is 0 Å². The molecule has 0 aliphatic carbocycles. The number of unbranched alkanes of at least 4 members (excludes halogenated alkanes) is 1. The summed E-state index contributed by atoms with van der Waals surface area (Å²) < 4.78 is 5.92. The van der Waals surface area contributed by atoms with Gasteiger partial charge in [-0.05, 0) is 24.6 Å². The van der Waals surface area contributed by atoms with E-state index in [0.29, 0.717) is 11.4 Å². The van der Waals surface area contributed by atoms with Crippen LogP contribution in [0.25, 0.3) is 0 Å². The fraction of sp³-hybridized carbons (Fsp3) is 0.562. The predicted molar refractivity (Wildman–Crippen MR) is 81.2 cm³/mol. The van der Waals surface area contributed by atoms with Crippen LogP contribution in [-0.2, 0) is 4.79 Å². The normalized spacial score (nSPS) is 16.2. The van der Waals surface area contributed by atoms with Crippen molar-refractivity contribution >= 4 is 17.5 Å². The minimum Gasteiger partial charge on any atom is -0.490 e. The van der Waals surface area contributed by atoms with Gasteiger partial charge in [-0.1, -0.05) is 31.0 Å². The van der Waals surface area contributed by atoms with Gasteiger partial charge in [0.1, 0.15) is 11.9 Å². The molecule has 1 aromatic rings. The van der Waals surface area contributed by atoms with Gasteiger partial charge in [0.2, 0.25) is 5.91 Å². The quantitative estimate of drug-likeness (QED) is 0.824. The summed E-state index contributed by atoms with van der Waals surface area (Å²) in [4.78, 5) is 13.9. The maximum Gasteiger partial charge on any atom is 0.222 e. The van der Waals surface area contributed by atoms with E-state index in [1.807, 2.05) is 29.2 Å². The van der Waals surface area contributed by atoms with Crippen molar-refractivity contribution in [2.75, 3.05) is 13.1 Å². The van der Waals surface area contributed by atoms with Crippen molar-refractivity contribution in [3.05, 3.63) is 29.3 Å². The van der Waals surface area contributed by atoms with E-state index in [1.165, 1.54) is 0 Å². The van der Waals surface area contributed by atoms with E-state index < -0.39 is 0 Å². The number of carbonyl (C=O) groups is 1. The molecule has 0 atom stereocenters. The number of rotatable bonds is 5. The third-order valence-electron chi connectivity index (χ3n) is 3.64. The summed E-state index contributed by atoms with van der Waals surface area (Å²) >= 11 is 5.94. The number of carbonyl (C=O) groups excluding carboxylic acids is 1. The number of hydrogen-bond donors (Lipinski definition) is 0. The van der Waals surface area contributed by atoms with Crippen molar-refractivity contribution < 1.29 is 9.53 Å². The molecule has 0 bridgehead atoms. The standard InChI is InChI=1S/C16H22ClNO2/c1-2-3-7-16(19)18-10-8-14(9-11-18)20-15-6-4-5-13(17)12-15/h4-6,12,14H,2-3,7-11H2,1H3. The summed E-state index contributed by atoms with van der Waals surface area (Å²) in [6.45, 7) is 3.71. The second-order valence-corrected chi connectivity index (χ2v) is 5.70. The number of halogens is 1. The number of ether oxygens (including phenoxy) is 1. The van der Waals surface area contributed by atoms with Crippen molar-refractivity contribution in [2.24, 2.45) is 0 Å². The van der Waals surface area contributed by atoms with Gasteiger partial charge in [0.05, 0.1) is 0 Å². The summed E-state index contributed by atoms with van der Waals surface area (Å²) in [6.07, 6.45) is 4.70. The average Bonchev–Trinajstić information content (AvgIpc) is 2.45. The molecule has 3 nitrogen and oxygen atoms in total. The van der Waals surface area contributed by atoms with Crippen LogP contribution in [0.2, 0.25) is 5.02 Å². The second kappa shape index (κ2) is 7.53. The molecule has 0 saturated carbocycles. The van der Waals surface area contributed by atoms with Crippen LogP contribution in [0.3, 0.4) is 0 Å². The number of benzene rings is 1. The zero-order chi connectivity index (χ0) is 14.4. The zero-order valence-corrected chi connectivity index (χ0v) is 12.7. The first-order valence-corrected chi connectivity index (χ1v) is 7.77. The van der Waals surface area contributed by atoms with Crippen LogP contribution in [0.15, 0.2) is 24.3 Å². The third-order valence-corrected chi connectivity index (χ3v) is 3.87. The van der Waals surface area contributed by atoms with Gasteiger partial charge in [-0.15, -0.1) is 0 Å². The SMILES string of the molecule is CCCCC(=O)N1CCC(Oc2cccc(Cl)c2)CC1. The molecule has 1 aromatic carbocycles. The Morgan fingerprint density at radius 1 is 1.40 bits per heavy atom. The van der Waals surface area contributed by atoms with Crippen molar-refractivity contribution in [3.63, 3.8) is 0 Å². The molecule has 1 amide bonds. The lowest BCUT2D eigenvalue weighted by atomic mass is 10.1. The molecule has 1 heterocycles. The Hall–Kier alpha value is -1.22. The third kappa shape index (κ3) is 4.41. The maximum atomic E-state index is 11.9. The first kappa shape index (κ1) is 15.2. The molecule has 1 saturated heterocycles. The Kier molecular flexibility index (Phi) is 5.72. The average molecular weight is 296 g/mol. The molecule has 1 fully saturated rings. The summed E-state index contributed by atoms with van der Waals surface area (Å²) in [6, 6.07) is 7.48. The Morgan fingerprint density at radius 2 is 2.15 bits per heavy atom. The Labute approximate surface area is 125 Å². The summed E-state index contributed by atoms with van der Waals surface area (Å²) in [5.41, 5.74) is 0. The van der Waals surface area contributed by atoms with E-state index in [-0.39, 0.29) is 12.0 Å². The minimum atomic E-state index is 0.184. The maximum absolute atomic E-state index is 11.9. The minimum absolute atomic E-state index is 0.184. The molecular weight excluding hydrogens is 274 g/mol. The molecule has 0 aromatic heterocycles. The molecule has 110 valence electrons. The Morgan fingerprint density at radius 3 is 2.80 bits per heavy atom. The molecule has 4 heteroatoms. The molecule has 0 unspecified atom stereocenters. The van der Waals surface area contributed by atoms with E-state index in [0.717, 1.165) is 44.5 Å². The van der Waals surface area contributed by atoms with Crippen LogP contribution in [0, 0.1) is 0 Å². The highest BCUT2D eigenvalue weighted by molar-refractivity contribution is 6.30. The van der Waals surface area contributed by atoms with Crippen LogP contribution < -0.4 is 4.74 Å². The highest BCUT2D eigenvalue weighted by atomic mass is 35.5. The van der Waals surface area contributed by atoms with E-state index in [9.17, 15) is 4.79 Å². The lowest BCUT2D eigenvalue weighted by Gasteiger charge is -2.32. The van der Waals surface area contributed by atoms with Crippen molar-refractivity contribution in [1.29, 1.82) is 0 Å². The van der Waals surface area contributed by atoms with Gasteiger partial charge in [0.15, 0.2) is 0 Å². The predicted octanol–water partition coefficient (Wildman–Crippen LogP) is 3.90. The molecule has 1 aliphatic heterocycles. The van der Waals surface area contributed by atoms with Crippen LogP contribution in [0.4, 0.5) is 0 Å². The number of amides is 1. The second-order valence-electron chi connectivity index (χ2n) is 5.26. The number of piperidine rings is 1. The summed E-state index contributed by atoms with van der Waals surface area (Å²) in [5.74, 6) is 1.10. The fourth-order valence-corrected chi connectivity index (χ4v) is 2.62. The smallest absolute Gasteiger partial charge is 0.222 e. The molecule has 2 rings (SSSR count). The van der Waals surface area contributed by atoms with Gasteiger partial charge in [0.25, 0.3) is 0 Å². The highest BCUT2D eigenvalue weighted by Gasteiger charge is 2.23. The molecular formula is C16H22ClNO2. The number of hydrogen-bond acceptors (Lipinski definition) is 2. The van der Waals surface area contributed by atoms with Crippen LogP contribution >= 0.6 is 11.6 Å². The largest absolute Gasteiger partial charge is 0.490 e. The van der Waals surface area contributed by atoms with E-state index in [2.05, 4.69) is 6.92 Å². The lowest BCUT2D eigenvalue weighted by molar-refractivity contribution is -0.133. The van der Waals surface area contributed by atoms with Crippen LogP contribution in [0.1, 0.15) is 39.0 Å². The molecule has 0 radical (unpaired) electrons. The van der Waals surface area contributed by atoms with Gasteiger partial charge in [-0.2, -0.15) is 0 Å².